The van der Waals surface area contributed by atoms with E-state index in [0.29, 0.717) is 0 Å². The normalized spacial score (nSPS) is 11.1. The van der Waals surface area contributed by atoms with Gasteiger partial charge in [0.05, 0.1) is 5.54 Å². The summed E-state index contributed by atoms with van der Waals surface area (Å²) >= 11 is 0. The van der Waals surface area contributed by atoms with Crippen LogP contribution in [0.4, 0.5) is 0 Å². The van der Waals surface area contributed by atoms with Crippen molar-refractivity contribution in [2.24, 2.45) is 0 Å². The first-order chi connectivity index (χ1) is 6.94. The predicted octanol–water partition coefficient (Wildman–Crippen LogP) is 2.80. The number of rotatable bonds is 3. The molecule has 80 valence electrons. The Kier molecular flexibility index (Phi) is 3.55. The molecule has 0 amide bonds. The molecule has 0 spiro atoms. The third-order valence-electron chi connectivity index (χ3n) is 2.59. The number of benzene rings is 1. The Morgan fingerprint density at radius 1 is 1.33 bits per heavy atom. The highest BCUT2D eigenvalue weighted by atomic mass is 14.9. The van der Waals surface area contributed by atoms with Gasteiger partial charge >= 0.3 is 0 Å². The molecule has 0 bridgehead atoms. The molecule has 0 aliphatic rings. The van der Waals surface area contributed by atoms with Crippen molar-refractivity contribution in [3.63, 3.8) is 0 Å². The molecule has 1 aromatic carbocycles. The third kappa shape index (κ3) is 3.42. The molecule has 0 unspecified atom stereocenters. The maximum absolute atomic E-state index is 5.43. The molecule has 0 heterocycles. The third-order valence-corrected chi connectivity index (χ3v) is 2.59. The van der Waals surface area contributed by atoms with Gasteiger partial charge < -0.3 is 0 Å². The minimum absolute atomic E-state index is 0.240. The Balaban J connectivity index is 2.74. The summed E-state index contributed by atoms with van der Waals surface area (Å²) in [5.74, 6) is 2.73. The molecule has 0 radical (unpaired) electrons. The second-order valence-electron chi connectivity index (χ2n) is 4.55. The van der Waals surface area contributed by atoms with E-state index in [1.54, 1.807) is 0 Å². The maximum atomic E-state index is 5.43. The summed E-state index contributed by atoms with van der Waals surface area (Å²) < 4.78 is 0. The monoisotopic (exact) mass is 201 g/mol. The van der Waals surface area contributed by atoms with E-state index in [4.69, 9.17) is 6.42 Å². The van der Waals surface area contributed by atoms with Crippen LogP contribution >= 0.6 is 0 Å². The van der Waals surface area contributed by atoms with Gasteiger partial charge in [-0.25, -0.2) is 0 Å². The van der Waals surface area contributed by atoms with Crippen LogP contribution in [0.15, 0.2) is 18.2 Å². The van der Waals surface area contributed by atoms with E-state index in [2.05, 4.69) is 43.3 Å². The van der Waals surface area contributed by atoms with Crippen LogP contribution < -0.4 is 5.32 Å². The molecular weight excluding hydrogens is 182 g/mol. The zero-order valence-corrected chi connectivity index (χ0v) is 10.0. The molecule has 15 heavy (non-hydrogen) atoms. The minimum atomic E-state index is -0.240. The number of nitrogens with one attached hydrogen (secondary N) is 1. The topological polar surface area (TPSA) is 12.0 Å². The summed E-state index contributed by atoms with van der Waals surface area (Å²) in [7, 11) is 0. The van der Waals surface area contributed by atoms with Crippen molar-refractivity contribution in [3.8, 4) is 12.3 Å². The lowest BCUT2D eigenvalue weighted by Crippen LogP contribution is -2.37. The summed E-state index contributed by atoms with van der Waals surface area (Å²) in [5, 5.41) is 3.36. The first-order valence-electron chi connectivity index (χ1n) is 5.23. The van der Waals surface area contributed by atoms with Crippen molar-refractivity contribution in [2.45, 2.75) is 39.8 Å². The van der Waals surface area contributed by atoms with Crippen LogP contribution in [0.2, 0.25) is 0 Å². The zero-order chi connectivity index (χ0) is 11.5. The van der Waals surface area contributed by atoms with E-state index in [1.807, 2.05) is 13.8 Å². The van der Waals surface area contributed by atoms with Crippen LogP contribution in [-0.2, 0) is 6.54 Å². The Bertz CT molecular complexity index is 383. The number of hydrogen-bond donors (Lipinski definition) is 1. The van der Waals surface area contributed by atoms with Crippen LogP contribution in [0, 0.1) is 26.2 Å². The van der Waals surface area contributed by atoms with E-state index in [9.17, 15) is 0 Å². The molecule has 0 saturated heterocycles. The SMILES string of the molecule is C#CC(C)(C)NCc1cc(C)ccc1C. The van der Waals surface area contributed by atoms with Crippen molar-refractivity contribution >= 4 is 0 Å². The van der Waals surface area contributed by atoms with Gasteiger partial charge in [-0.05, 0) is 38.8 Å². The molecule has 1 heteroatoms. The van der Waals surface area contributed by atoms with E-state index < -0.39 is 0 Å². The quantitative estimate of drug-likeness (QED) is 0.741. The molecule has 0 aliphatic heterocycles. The van der Waals surface area contributed by atoms with Crippen molar-refractivity contribution < 1.29 is 0 Å². The molecule has 0 saturated carbocycles. The highest BCUT2D eigenvalue weighted by molar-refractivity contribution is 5.30. The van der Waals surface area contributed by atoms with Crippen LogP contribution in [0.5, 0.6) is 0 Å². The van der Waals surface area contributed by atoms with Crippen LogP contribution in [0.1, 0.15) is 30.5 Å². The lowest BCUT2D eigenvalue weighted by molar-refractivity contribution is 0.490. The molecule has 1 N–H and O–H groups in total. The summed E-state index contributed by atoms with van der Waals surface area (Å²) in [6.07, 6.45) is 5.43. The lowest BCUT2D eigenvalue weighted by atomic mass is 10.0. The zero-order valence-electron chi connectivity index (χ0n) is 10.0. The Morgan fingerprint density at radius 2 is 2.00 bits per heavy atom. The van der Waals surface area contributed by atoms with Crippen LogP contribution in [0.25, 0.3) is 0 Å². The van der Waals surface area contributed by atoms with Gasteiger partial charge in [0, 0.05) is 6.54 Å². The highest BCUT2D eigenvalue weighted by Crippen LogP contribution is 2.11. The summed E-state index contributed by atoms with van der Waals surface area (Å²) in [6, 6.07) is 6.48. The second kappa shape index (κ2) is 4.51. The van der Waals surface area contributed by atoms with E-state index >= 15 is 0 Å². The predicted molar refractivity (Wildman–Crippen MR) is 65.7 cm³/mol. The molecule has 1 aromatic rings. The largest absolute Gasteiger partial charge is 0.297 e. The molecule has 1 nitrogen and oxygen atoms in total. The first-order valence-corrected chi connectivity index (χ1v) is 5.23. The van der Waals surface area contributed by atoms with Gasteiger partial charge in [0.1, 0.15) is 0 Å². The second-order valence-corrected chi connectivity index (χ2v) is 4.55. The van der Waals surface area contributed by atoms with Crippen molar-refractivity contribution in [1.29, 1.82) is 0 Å². The average Bonchev–Trinajstić information content (AvgIpc) is 2.20. The molecule has 0 aromatic heterocycles. The van der Waals surface area contributed by atoms with Gasteiger partial charge in [-0.15, -0.1) is 6.42 Å². The summed E-state index contributed by atoms with van der Waals surface area (Å²) in [4.78, 5) is 0. The Morgan fingerprint density at radius 3 is 2.60 bits per heavy atom. The van der Waals surface area contributed by atoms with Crippen molar-refractivity contribution in [3.05, 3.63) is 34.9 Å². The first kappa shape index (κ1) is 11.8. The van der Waals surface area contributed by atoms with E-state index in [1.165, 1.54) is 16.7 Å². The minimum Gasteiger partial charge on any atom is -0.297 e. The molecule has 1 rings (SSSR count). The van der Waals surface area contributed by atoms with E-state index in [-0.39, 0.29) is 5.54 Å². The van der Waals surface area contributed by atoms with Gasteiger partial charge in [-0.1, -0.05) is 29.7 Å². The lowest BCUT2D eigenvalue weighted by Gasteiger charge is -2.20. The molecule has 0 atom stereocenters. The number of aryl methyl sites for hydroxylation is 2. The van der Waals surface area contributed by atoms with Gasteiger partial charge in [0.15, 0.2) is 0 Å². The fourth-order valence-corrected chi connectivity index (χ4v) is 1.36. The van der Waals surface area contributed by atoms with Gasteiger partial charge in [-0.3, -0.25) is 5.32 Å². The molecule has 0 fully saturated rings. The number of terminal acetylenes is 1. The van der Waals surface area contributed by atoms with Gasteiger partial charge in [-0.2, -0.15) is 0 Å². The standard InChI is InChI=1S/C14H19N/c1-6-14(4,5)15-10-13-9-11(2)7-8-12(13)3/h1,7-9,15H,10H2,2-5H3. The van der Waals surface area contributed by atoms with Gasteiger partial charge in [0.25, 0.3) is 0 Å². The summed E-state index contributed by atoms with van der Waals surface area (Å²) in [6.45, 7) is 9.08. The Hall–Kier alpha value is -1.26. The number of hydrogen-bond acceptors (Lipinski definition) is 1. The molecular formula is C14H19N. The summed E-state index contributed by atoms with van der Waals surface area (Å²) in [5.41, 5.74) is 3.67. The van der Waals surface area contributed by atoms with E-state index in [0.717, 1.165) is 6.54 Å². The van der Waals surface area contributed by atoms with Crippen LogP contribution in [-0.4, -0.2) is 5.54 Å². The maximum Gasteiger partial charge on any atom is 0.0743 e. The fraction of sp³-hybridized carbons (Fsp3) is 0.429. The molecule has 0 aliphatic carbocycles. The fourth-order valence-electron chi connectivity index (χ4n) is 1.36. The highest BCUT2D eigenvalue weighted by Gasteiger charge is 2.12. The van der Waals surface area contributed by atoms with Crippen molar-refractivity contribution in [1.82, 2.24) is 5.32 Å². The van der Waals surface area contributed by atoms with Crippen LogP contribution in [0.3, 0.4) is 0 Å². The van der Waals surface area contributed by atoms with Crippen molar-refractivity contribution in [2.75, 3.05) is 0 Å². The van der Waals surface area contributed by atoms with Gasteiger partial charge in [0.2, 0.25) is 0 Å². The Labute approximate surface area is 92.9 Å². The average molecular weight is 201 g/mol. The smallest absolute Gasteiger partial charge is 0.0743 e.